The van der Waals surface area contributed by atoms with Crippen molar-refractivity contribution >= 4 is 22.7 Å². The predicted molar refractivity (Wildman–Crippen MR) is 221 cm³/mol. The number of hydrogen-bond acceptors (Lipinski definition) is 2. The Morgan fingerprint density at radius 2 is 0.754 bits per heavy atom. The van der Waals surface area contributed by atoms with E-state index in [9.17, 15) is 17.6 Å². The van der Waals surface area contributed by atoms with Gasteiger partial charge in [-0.15, -0.1) is 36.4 Å². The van der Waals surface area contributed by atoms with Crippen molar-refractivity contribution in [2.45, 2.75) is 26.9 Å². The van der Waals surface area contributed by atoms with Crippen LogP contribution in [-0.4, -0.2) is 0 Å². The SMILES string of the molecule is Cc1ccc(N(Cc2ccccc2)c2ccc(F)[c-]c2F)cc1.Cc1ccc(N(Cc2ccccc2)c2ccc(F)[c-]c2F)cc1.[Ti+4].c1cc[cH-]c1.c1cc[cH-]c1. The first-order chi connectivity index (χ1) is 27.3. The van der Waals surface area contributed by atoms with E-state index >= 15 is 0 Å². The van der Waals surface area contributed by atoms with E-state index in [1.807, 2.05) is 194 Å². The molecule has 0 aliphatic rings. The molecule has 57 heavy (non-hydrogen) atoms. The molecule has 7 heteroatoms. The van der Waals surface area contributed by atoms with Crippen LogP contribution in [0.4, 0.5) is 40.3 Å². The van der Waals surface area contributed by atoms with E-state index in [1.165, 1.54) is 24.3 Å². The van der Waals surface area contributed by atoms with Gasteiger partial charge in [0.25, 0.3) is 0 Å². The molecular formula is C50H42F4N2Ti. The van der Waals surface area contributed by atoms with Crippen molar-refractivity contribution in [1.82, 2.24) is 0 Å². The van der Waals surface area contributed by atoms with E-state index in [1.54, 1.807) is 0 Å². The molecule has 0 unspecified atom stereocenters. The number of rotatable bonds is 8. The van der Waals surface area contributed by atoms with Crippen molar-refractivity contribution in [3.05, 3.63) is 252 Å². The molecule has 0 amide bonds. The Morgan fingerprint density at radius 3 is 1.04 bits per heavy atom. The van der Waals surface area contributed by atoms with E-state index in [0.717, 1.165) is 33.6 Å². The molecule has 8 aromatic rings. The summed E-state index contributed by atoms with van der Waals surface area (Å²) in [7, 11) is 0. The Labute approximate surface area is 348 Å². The molecule has 0 fully saturated rings. The Kier molecular flexibility index (Phi) is 17.8. The largest absolute Gasteiger partial charge is 4.00 e. The monoisotopic (exact) mass is 794 g/mol. The summed E-state index contributed by atoms with van der Waals surface area (Å²) in [5.41, 5.74) is 6.63. The number of nitrogens with zero attached hydrogens (tertiary/aromatic N) is 2. The van der Waals surface area contributed by atoms with Gasteiger partial charge in [-0.1, -0.05) is 96.1 Å². The zero-order chi connectivity index (χ0) is 39.5. The van der Waals surface area contributed by atoms with E-state index in [2.05, 4.69) is 12.1 Å². The van der Waals surface area contributed by atoms with Crippen molar-refractivity contribution in [1.29, 1.82) is 0 Å². The summed E-state index contributed by atoms with van der Waals surface area (Å²) < 4.78 is 54.8. The summed E-state index contributed by atoms with van der Waals surface area (Å²) in [4.78, 5) is 3.64. The second kappa shape index (κ2) is 23.2. The number of benzene rings is 6. The normalized spacial score (nSPS) is 9.93. The van der Waals surface area contributed by atoms with Crippen LogP contribution in [0.25, 0.3) is 0 Å². The summed E-state index contributed by atoms with van der Waals surface area (Å²) in [5, 5.41) is 0. The van der Waals surface area contributed by atoms with Crippen LogP contribution in [0.2, 0.25) is 0 Å². The Morgan fingerprint density at radius 1 is 0.421 bits per heavy atom. The van der Waals surface area contributed by atoms with Gasteiger partial charge in [0.15, 0.2) is 0 Å². The molecule has 0 aliphatic heterocycles. The molecule has 284 valence electrons. The second-order valence-corrected chi connectivity index (χ2v) is 12.8. The van der Waals surface area contributed by atoms with Gasteiger partial charge in [0.1, 0.15) is 0 Å². The first kappa shape index (κ1) is 43.8. The zero-order valence-electron chi connectivity index (χ0n) is 31.8. The summed E-state index contributed by atoms with van der Waals surface area (Å²) in [6.07, 6.45) is 0. The van der Waals surface area contributed by atoms with E-state index < -0.39 is 23.3 Å². The van der Waals surface area contributed by atoms with Crippen LogP contribution in [0, 0.1) is 49.2 Å². The number of anilines is 4. The van der Waals surface area contributed by atoms with Crippen LogP contribution in [0.5, 0.6) is 0 Å². The third kappa shape index (κ3) is 14.3. The standard InChI is InChI=1S/2C20H16F2N.2C5H5.Ti/c2*1-15-7-10-18(11-8-15)23(14-16-5-3-2-4-6-16)20-12-9-17(21)13-19(20)22;2*1-2-4-5-3-1;/h2*2-12H,14H2,1H3;2*1-5H;/q4*-1;+4. The molecule has 0 atom stereocenters. The van der Waals surface area contributed by atoms with Gasteiger partial charge in [-0.2, -0.15) is 36.4 Å². The first-order valence-electron chi connectivity index (χ1n) is 18.1. The average Bonchev–Trinajstić information content (AvgIpc) is 4.00. The van der Waals surface area contributed by atoms with Crippen molar-refractivity contribution in [3.8, 4) is 0 Å². The fraction of sp³-hybridized carbons (Fsp3) is 0.0800. The van der Waals surface area contributed by atoms with Gasteiger partial charge in [-0.3, -0.25) is 0 Å². The van der Waals surface area contributed by atoms with Crippen LogP contribution in [-0.2, 0) is 34.8 Å². The maximum Gasteiger partial charge on any atom is 4.00 e. The van der Waals surface area contributed by atoms with Gasteiger partial charge in [0.2, 0.25) is 0 Å². The third-order valence-corrected chi connectivity index (χ3v) is 8.43. The summed E-state index contributed by atoms with van der Waals surface area (Å²) in [6.45, 7) is 4.97. The molecule has 8 rings (SSSR count). The van der Waals surface area contributed by atoms with Gasteiger partial charge in [-0.25, -0.2) is 41.8 Å². The maximum atomic E-state index is 14.2. The van der Waals surface area contributed by atoms with Crippen LogP contribution >= 0.6 is 0 Å². The van der Waals surface area contributed by atoms with Gasteiger partial charge in [-0.05, 0) is 60.6 Å². The summed E-state index contributed by atoms with van der Waals surface area (Å²) in [5.74, 6) is -2.78. The molecule has 0 spiro atoms. The minimum Gasteiger partial charge on any atom is -0.388 e. The van der Waals surface area contributed by atoms with Gasteiger partial charge in [0, 0.05) is 47.7 Å². The fourth-order valence-electron chi connectivity index (χ4n) is 5.54. The van der Waals surface area contributed by atoms with E-state index in [-0.39, 0.29) is 21.7 Å². The van der Waals surface area contributed by atoms with E-state index in [0.29, 0.717) is 24.5 Å². The predicted octanol–water partition coefficient (Wildman–Crippen LogP) is 13.6. The maximum absolute atomic E-state index is 14.2. The van der Waals surface area contributed by atoms with E-state index in [4.69, 9.17) is 0 Å². The molecule has 2 nitrogen and oxygen atoms in total. The molecule has 0 saturated carbocycles. The Balaban J connectivity index is 0.000000200. The molecule has 0 saturated heterocycles. The molecule has 0 N–H and O–H groups in total. The van der Waals surface area contributed by atoms with Crippen molar-refractivity contribution in [2.24, 2.45) is 0 Å². The molecule has 8 aromatic carbocycles. The average molecular weight is 795 g/mol. The quantitative estimate of drug-likeness (QED) is 0.0859. The minimum absolute atomic E-state index is 0. The number of halogens is 4. The minimum atomic E-state index is -0.699. The van der Waals surface area contributed by atoms with Gasteiger partial charge >= 0.3 is 21.7 Å². The van der Waals surface area contributed by atoms with Crippen LogP contribution in [0.1, 0.15) is 22.3 Å². The molecule has 0 aromatic heterocycles. The van der Waals surface area contributed by atoms with Crippen LogP contribution in [0.3, 0.4) is 0 Å². The molecule has 0 aliphatic carbocycles. The summed E-state index contributed by atoms with van der Waals surface area (Å²) in [6, 6.07) is 64.7. The molecular weight excluding hydrogens is 752 g/mol. The zero-order valence-corrected chi connectivity index (χ0v) is 33.4. The first-order valence-corrected chi connectivity index (χ1v) is 18.1. The number of hydrogen-bond donors (Lipinski definition) is 0. The Hall–Kier alpha value is -5.95. The van der Waals surface area contributed by atoms with Crippen molar-refractivity contribution in [2.75, 3.05) is 9.80 Å². The topological polar surface area (TPSA) is 6.48 Å². The second-order valence-electron chi connectivity index (χ2n) is 12.8. The molecule has 0 radical (unpaired) electrons. The third-order valence-electron chi connectivity index (χ3n) is 8.43. The van der Waals surface area contributed by atoms with Gasteiger partial charge < -0.3 is 9.80 Å². The van der Waals surface area contributed by atoms with Crippen molar-refractivity contribution < 1.29 is 39.3 Å². The summed E-state index contributed by atoms with van der Waals surface area (Å²) >= 11 is 0. The molecule has 0 heterocycles. The number of aryl methyl sites for hydroxylation is 2. The van der Waals surface area contributed by atoms with Crippen LogP contribution < -0.4 is 9.80 Å². The fourth-order valence-corrected chi connectivity index (χ4v) is 5.54. The van der Waals surface area contributed by atoms with Crippen LogP contribution in [0.15, 0.2) is 194 Å². The van der Waals surface area contributed by atoms with Gasteiger partial charge in [0.05, 0.1) is 0 Å². The Bertz CT molecular complexity index is 2060. The van der Waals surface area contributed by atoms with Crippen molar-refractivity contribution in [3.63, 3.8) is 0 Å². The molecule has 0 bridgehead atoms. The smallest absolute Gasteiger partial charge is 0.388 e.